The smallest absolute Gasteiger partial charge is 0.269 e. The molecule has 0 fully saturated rings. The van der Waals surface area contributed by atoms with Crippen molar-refractivity contribution in [1.82, 2.24) is 4.90 Å². The highest BCUT2D eigenvalue weighted by Gasteiger charge is 2.12. The molecule has 0 amide bonds. The summed E-state index contributed by atoms with van der Waals surface area (Å²) in [6.07, 6.45) is 2.18. The number of nitrogens with zero attached hydrogens (tertiary/aromatic N) is 2. The zero-order chi connectivity index (χ0) is 13.5. The van der Waals surface area contributed by atoms with Gasteiger partial charge in [0.2, 0.25) is 0 Å². The van der Waals surface area contributed by atoms with Crippen molar-refractivity contribution in [2.24, 2.45) is 0 Å². The lowest BCUT2D eigenvalue weighted by molar-refractivity contribution is -0.384. The van der Waals surface area contributed by atoms with E-state index in [9.17, 15) is 10.1 Å². The molecular formula is C13H19BrN2O2. The Morgan fingerprint density at radius 2 is 1.89 bits per heavy atom. The molecule has 0 aliphatic heterocycles. The van der Waals surface area contributed by atoms with E-state index in [-0.39, 0.29) is 10.6 Å². The van der Waals surface area contributed by atoms with Crippen molar-refractivity contribution in [3.05, 3.63) is 38.3 Å². The molecule has 0 unspecified atom stereocenters. The van der Waals surface area contributed by atoms with Crippen LogP contribution >= 0.6 is 15.9 Å². The van der Waals surface area contributed by atoms with Gasteiger partial charge in [-0.15, -0.1) is 0 Å². The predicted molar refractivity (Wildman–Crippen MR) is 76.7 cm³/mol. The van der Waals surface area contributed by atoms with Gasteiger partial charge in [0.15, 0.2) is 0 Å². The van der Waals surface area contributed by atoms with Crippen LogP contribution < -0.4 is 0 Å². The average molecular weight is 315 g/mol. The molecule has 1 aromatic carbocycles. The van der Waals surface area contributed by atoms with Crippen molar-refractivity contribution in [3.63, 3.8) is 0 Å². The minimum absolute atomic E-state index is 0.154. The van der Waals surface area contributed by atoms with E-state index < -0.39 is 0 Å². The number of non-ortho nitro benzene ring substituents is 1. The highest BCUT2D eigenvalue weighted by atomic mass is 79.9. The summed E-state index contributed by atoms with van der Waals surface area (Å²) in [6, 6.07) is 4.93. The third-order valence-corrected chi connectivity index (χ3v) is 3.49. The first kappa shape index (κ1) is 15.1. The van der Waals surface area contributed by atoms with E-state index >= 15 is 0 Å². The molecular weight excluding hydrogens is 296 g/mol. The number of nitro benzene ring substituents is 1. The lowest BCUT2D eigenvalue weighted by Gasteiger charge is -2.21. The zero-order valence-corrected chi connectivity index (χ0v) is 12.4. The number of rotatable bonds is 7. The first-order chi connectivity index (χ1) is 8.58. The first-order valence-electron chi connectivity index (χ1n) is 6.23. The summed E-state index contributed by atoms with van der Waals surface area (Å²) < 4.78 is 0.935. The van der Waals surface area contributed by atoms with Gasteiger partial charge in [0.25, 0.3) is 5.69 Å². The first-order valence-corrected chi connectivity index (χ1v) is 7.03. The van der Waals surface area contributed by atoms with Crippen LogP contribution in [0, 0.1) is 10.1 Å². The van der Waals surface area contributed by atoms with Crippen LogP contribution in [0.3, 0.4) is 0 Å². The molecule has 0 heterocycles. The molecule has 0 saturated heterocycles. The number of halogens is 1. The van der Waals surface area contributed by atoms with Crippen LogP contribution in [0.4, 0.5) is 5.69 Å². The quantitative estimate of drug-likeness (QED) is 0.565. The molecule has 0 atom stereocenters. The summed E-state index contributed by atoms with van der Waals surface area (Å²) in [5.41, 5.74) is 1.13. The van der Waals surface area contributed by atoms with E-state index in [4.69, 9.17) is 0 Å². The normalized spacial score (nSPS) is 10.9. The second-order valence-electron chi connectivity index (χ2n) is 4.31. The van der Waals surface area contributed by atoms with E-state index in [2.05, 4.69) is 34.7 Å². The summed E-state index contributed by atoms with van der Waals surface area (Å²) in [4.78, 5) is 12.8. The van der Waals surface area contributed by atoms with Crippen LogP contribution in [0.15, 0.2) is 22.7 Å². The van der Waals surface area contributed by atoms with E-state index in [0.29, 0.717) is 0 Å². The molecule has 100 valence electrons. The number of benzene rings is 1. The molecule has 18 heavy (non-hydrogen) atoms. The van der Waals surface area contributed by atoms with Crippen molar-refractivity contribution in [1.29, 1.82) is 0 Å². The molecule has 1 rings (SSSR count). The van der Waals surface area contributed by atoms with Crippen molar-refractivity contribution in [3.8, 4) is 0 Å². The Morgan fingerprint density at radius 1 is 1.28 bits per heavy atom. The highest BCUT2D eigenvalue weighted by Crippen LogP contribution is 2.24. The van der Waals surface area contributed by atoms with E-state index in [1.165, 1.54) is 6.07 Å². The Kier molecular flexibility index (Phi) is 6.29. The third-order valence-electron chi connectivity index (χ3n) is 2.71. The van der Waals surface area contributed by atoms with Gasteiger partial charge in [0.1, 0.15) is 0 Å². The van der Waals surface area contributed by atoms with Gasteiger partial charge in [0.05, 0.1) is 4.92 Å². The van der Waals surface area contributed by atoms with Crippen LogP contribution in [0.2, 0.25) is 0 Å². The summed E-state index contributed by atoms with van der Waals surface area (Å²) in [5, 5.41) is 10.8. The van der Waals surface area contributed by atoms with Crippen molar-refractivity contribution < 1.29 is 4.92 Å². The third kappa shape index (κ3) is 4.38. The standard InChI is InChI=1S/C13H19BrN2O2/c1-3-7-15(8-4-2)10-11-9-12(16(17)18)5-6-13(11)14/h5-6,9H,3-4,7-8,10H2,1-2H3. The van der Waals surface area contributed by atoms with Gasteiger partial charge in [-0.25, -0.2) is 0 Å². The predicted octanol–water partition coefficient (Wildman–Crippen LogP) is 3.98. The summed E-state index contributed by atoms with van der Waals surface area (Å²) in [5.74, 6) is 0. The molecule has 0 aromatic heterocycles. The maximum atomic E-state index is 10.8. The minimum atomic E-state index is -0.347. The van der Waals surface area contributed by atoms with Crippen molar-refractivity contribution >= 4 is 21.6 Å². The van der Waals surface area contributed by atoms with Gasteiger partial charge in [-0.1, -0.05) is 29.8 Å². The summed E-state index contributed by atoms with van der Waals surface area (Å²) in [7, 11) is 0. The molecule has 0 aliphatic rings. The Balaban J connectivity index is 2.86. The van der Waals surface area contributed by atoms with Gasteiger partial charge < -0.3 is 0 Å². The number of hydrogen-bond donors (Lipinski definition) is 0. The fraction of sp³-hybridized carbons (Fsp3) is 0.538. The minimum Gasteiger partial charge on any atom is -0.299 e. The summed E-state index contributed by atoms with van der Waals surface area (Å²) in [6.45, 7) is 7.08. The molecule has 0 aliphatic carbocycles. The van der Waals surface area contributed by atoms with Crippen LogP contribution in [0.1, 0.15) is 32.3 Å². The number of hydrogen-bond acceptors (Lipinski definition) is 3. The van der Waals surface area contributed by atoms with E-state index in [0.717, 1.165) is 42.5 Å². The topological polar surface area (TPSA) is 46.4 Å². The molecule has 0 bridgehead atoms. The Bertz CT molecular complexity index is 404. The van der Waals surface area contributed by atoms with Gasteiger partial charge in [-0.2, -0.15) is 0 Å². The molecule has 4 nitrogen and oxygen atoms in total. The second-order valence-corrected chi connectivity index (χ2v) is 5.16. The zero-order valence-electron chi connectivity index (χ0n) is 10.9. The molecule has 0 radical (unpaired) electrons. The fourth-order valence-corrected chi connectivity index (χ4v) is 2.31. The molecule has 0 N–H and O–H groups in total. The lowest BCUT2D eigenvalue weighted by atomic mass is 10.2. The Morgan fingerprint density at radius 3 is 2.39 bits per heavy atom. The highest BCUT2D eigenvalue weighted by molar-refractivity contribution is 9.10. The molecule has 5 heteroatoms. The molecule has 0 spiro atoms. The van der Waals surface area contributed by atoms with Crippen LogP contribution in [0.25, 0.3) is 0 Å². The average Bonchev–Trinajstić information content (AvgIpc) is 2.32. The van der Waals surface area contributed by atoms with E-state index in [1.54, 1.807) is 12.1 Å². The van der Waals surface area contributed by atoms with Crippen LogP contribution in [-0.2, 0) is 6.54 Å². The van der Waals surface area contributed by atoms with Crippen LogP contribution in [0.5, 0.6) is 0 Å². The maximum Gasteiger partial charge on any atom is 0.269 e. The van der Waals surface area contributed by atoms with Gasteiger partial charge >= 0.3 is 0 Å². The van der Waals surface area contributed by atoms with Crippen molar-refractivity contribution in [2.45, 2.75) is 33.2 Å². The van der Waals surface area contributed by atoms with Gasteiger partial charge in [-0.05, 0) is 37.6 Å². The Hall–Kier alpha value is -0.940. The van der Waals surface area contributed by atoms with Gasteiger partial charge in [0, 0.05) is 23.2 Å². The monoisotopic (exact) mass is 314 g/mol. The number of nitro groups is 1. The fourth-order valence-electron chi connectivity index (χ4n) is 1.94. The second kappa shape index (κ2) is 7.48. The molecule has 1 aromatic rings. The largest absolute Gasteiger partial charge is 0.299 e. The SMILES string of the molecule is CCCN(CCC)Cc1cc([N+](=O)[O-])ccc1Br. The van der Waals surface area contributed by atoms with Crippen molar-refractivity contribution in [2.75, 3.05) is 13.1 Å². The summed E-state index contributed by atoms with van der Waals surface area (Å²) >= 11 is 3.46. The Labute approximate surface area is 116 Å². The van der Waals surface area contributed by atoms with Gasteiger partial charge in [-0.3, -0.25) is 15.0 Å². The lowest BCUT2D eigenvalue weighted by Crippen LogP contribution is -2.25. The maximum absolute atomic E-state index is 10.8. The molecule has 0 saturated carbocycles. The van der Waals surface area contributed by atoms with E-state index in [1.807, 2.05) is 0 Å². The van der Waals surface area contributed by atoms with Crippen LogP contribution in [-0.4, -0.2) is 22.9 Å².